The lowest BCUT2D eigenvalue weighted by atomic mass is 10.0. The highest BCUT2D eigenvalue weighted by molar-refractivity contribution is 5.42. The summed E-state index contributed by atoms with van der Waals surface area (Å²) in [5.74, 6) is 0. The van der Waals surface area contributed by atoms with Crippen LogP contribution in [0.25, 0.3) is 0 Å². The van der Waals surface area contributed by atoms with Crippen LogP contribution >= 0.6 is 0 Å². The van der Waals surface area contributed by atoms with Gasteiger partial charge in [-0.05, 0) is 43.0 Å². The van der Waals surface area contributed by atoms with Crippen molar-refractivity contribution in [3.05, 3.63) is 59.9 Å². The van der Waals surface area contributed by atoms with Crippen molar-refractivity contribution < 1.29 is 0 Å². The molecule has 0 bridgehead atoms. The minimum Gasteiger partial charge on any atom is -0.377 e. The molecule has 19 heavy (non-hydrogen) atoms. The van der Waals surface area contributed by atoms with Gasteiger partial charge in [0.1, 0.15) is 0 Å². The molecule has 0 aliphatic heterocycles. The van der Waals surface area contributed by atoms with Crippen LogP contribution < -0.4 is 5.32 Å². The van der Waals surface area contributed by atoms with Gasteiger partial charge in [0.2, 0.25) is 0 Å². The molecule has 0 saturated carbocycles. The Morgan fingerprint density at radius 3 is 2.58 bits per heavy atom. The van der Waals surface area contributed by atoms with Crippen LogP contribution in [0.4, 0.5) is 5.69 Å². The molecule has 2 rings (SSSR count). The fraction of sp³-hybridized carbons (Fsp3) is 0.353. The topological polar surface area (TPSA) is 24.9 Å². The number of nitrogens with zero attached hydrogens (tertiary/aromatic N) is 1. The Balaban J connectivity index is 1.97. The molecule has 1 atom stereocenters. The number of anilines is 1. The van der Waals surface area contributed by atoms with Crippen molar-refractivity contribution in [2.75, 3.05) is 5.32 Å². The quantitative estimate of drug-likeness (QED) is 0.815. The van der Waals surface area contributed by atoms with E-state index in [1.807, 2.05) is 18.3 Å². The number of rotatable bonds is 6. The van der Waals surface area contributed by atoms with Gasteiger partial charge in [-0.1, -0.05) is 37.6 Å². The zero-order valence-electron chi connectivity index (χ0n) is 11.8. The van der Waals surface area contributed by atoms with E-state index in [0.717, 1.165) is 5.69 Å². The van der Waals surface area contributed by atoms with E-state index in [2.05, 4.69) is 48.4 Å². The number of hydrogen-bond acceptors (Lipinski definition) is 2. The predicted molar refractivity (Wildman–Crippen MR) is 81.3 cm³/mol. The first-order valence-electron chi connectivity index (χ1n) is 7.05. The van der Waals surface area contributed by atoms with Crippen LogP contribution in [0.15, 0.2) is 48.8 Å². The van der Waals surface area contributed by atoms with Gasteiger partial charge in [-0.15, -0.1) is 0 Å². The summed E-state index contributed by atoms with van der Waals surface area (Å²) in [6, 6.07) is 13.2. The normalized spacial score (nSPS) is 12.1. The van der Waals surface area contributed by atoms with Crippen molar-refractivity contribution in [1.82, 2.24) is 4.98 Å². The predicted octanol–water partition coefficient (Wildman–Crippen LogP) is 4.60. The minimum atomic E-state index is 0.296. The Bertz CT molecular complexity index is 476. The first-order chi connectivity index (χ1) is 9.29. The molecule has 0 aliphatic rings. The Labute approximate surface area is 115 Å². The zero-order valence-corrected chi connectivity index (χ0v) is 11.8. The lowest BCUT2D eigenvalue weighted by molar-refractivity contribution is 0.793. The minimum absolute atomic E-state index is 0.296. The molecule has 0 amide bonds. The second-order valence-electron chi connectivity index (χ2n) is 4.95. The number of pyridine rings is 1. The summed E-state index contributed by atoms with van der Waals surface area (Å²) in [5.41, 5.74) is 3.80. The molecule has 0 fully saturated rings. The Hall–Kier alpha value is -1.83. The van der Waals surface area contributed by atoms with Crippen LogP contribution in [0.1, 0.15) is 43.9 Å². The molecule has 1 heterocycles. The second-order valence-corrected chi connectivity index (χ2v) is 4.95. The van der Waals surface area contributed by atoms with Gasteiger partial charge in [0, 0.05) is 18.4 Å². The van der Waals surface area contributed by atoms with Gasteiger partial charge in [-0.2, -0.15) is 0 Å². The lowest BCUT2D eigenvalue weighted by Crippen LogP contribution is -2.06. The molecule has 2 nitrogen and oxygen atoms in total. The zero-order chi connectivity index (χ0) is 13.5. The van der Waals surface area contributed by atoms with E-state index >= 15 is 0 Å². The molecule has 0 aliphatic carbocycles. The third kappa shape index (κ3) is 4.09. The first kappa shape index (κ1) is 13.6. The van der Waals surface area contributed by atoms with Crippen LogP contribution in [0.5, 0.6) is 0 Å². The van der Waals surface area contributed by atoms with Crippen LogP contribution in [0.3, 0.4) is 0 Å². The van der Waals surface area contributed by atoms with Crippen LogP contribution in [0, 0.1) is 0 Å². The average molecular weight is 254 g/mol. The summed E-state index contributed by atoms with van der Waals surface area (Å²) in [6.45, 7) is 4.41. The van der Waals surface area contributed by atoms with E-state index in [1.165, 1.54) is 30.4 Å². The molecular formula is C17H22N2. The van der Waals surface area contributed by atoms with Gasteiger partial charge in [0.05, 0.1) is 5.69 Å². The van der Waals surface area contributed by atoms with Gasteiger partial charge in [0.25, 0.3) is 0 Å². The Kier molecular flexibility index (Phi) is 4.96. The molecule has 1 aromatic heterocycles. The molecule has 1 aromatic carbocycles. The summed E-state index contributed by atoms with van der Waals surface area (Å²) >= 11 is 0. The smallest absolute Gasteiger partial charge is 0.0531 e. The first-order valence-corrected chi connectivity index (χ1v) is 7.05. The highest BCUT2D eigenvalue weighted by atomic mass is 14.9. The van der Waals surface area contributed by atoms with Gasteiger partial charge in [0.15, 0.2) is 0 Å². The Morgan fingerprint density at radius 2 is 1.95 bits per heavy atom. The molecule has 1 N–H and O–H groups in total. The van der Waals surface area contributed by atoms with E-state index < -0.39 is 0 Å². The summed E-state index contributed by atoms with van der Waals surface area (Å²) in [5, 5.41) is 3.46. The second kappa shape index (κ2) is 6.93. The number of aryl methyl sites for hydroxylation is 1. The highest BCUT2D eigenvalue weighted by Gasteiger charge is 2.05. The molecule has 100 valence electrons. The van der Waals surface area contributed by atoms with Crippen molar-refractivity contribution in [1.29, 1.82) is 0 Å². The summed E-state index contributed by atoms with van der Waals surface area (Å²) < 4.78 is 0. The van der Waals surface area contributed by atoms with Crippen molar-refractivity contribution >= 4 is 5.69 Å². The molecule has 0 spiro atoms. The maximum Gasteiger partial charge on any atom is 0.0531 e. The highest BCUT2D eigenvalue weighted by Crippen LogP contribution is 2.19. The summed E-state index contributed by atoms with van der Waals surface area (Å²) in [6.07, 6.45) is 7.34. The molecule has 1 unspecified atom stereocenters. The van der Waals surface area contributed by atoms with E-state index in [4.69, 9.17) is 0 Å². The van der Waals surface area contributed by atoms with Crippen molar-refractivity contribution in [2.45, 2.75) is 39.2 Å². The van der Waals surface area contributed by atoms with Crippen LogP contribution in [-0.4, -0.2) is 4.98 Å². The monoisotopic (exact) mass is 254 g/mol. The standard InChI is InChI=1S/C17H22N2/c1-3-4-6-15-8-10-16(11-9-15)14(2)19-17-7-5-12-18-13-17/h5,7-14,19H,3-4,6H2,1-2H3. The Morgan fingerprint density at radius 1 is 1.16 bits per heavy atom. The molecule has 2 heteroatoms. The van der Waals surface area contributed by atoms with Crippen LogP contribution in [0.2, 0.25) is 0 Å². The third-order valence-electron chi connectivity index (χ3n) is 3.34. The molecule has 2 aromatic rings. The van der Waals surface area contributed by atoms with E-state index in [-0.39, 0.29) is 0 Å². The fourth-order valence-electron chi connectivity index (χ4n) is 2.14. The number of hydrogen-bond donors (Lipinski definition) is 1. The van der Waals surface area contributed by atoms with E-state index in [9.17, 15) is 0 Å². The van der Waals surface area contributed by atoms with Gasteiger partial charge >= 0.3 is 0 Å². The summed E-state index contributed by atoms with van der Waals surface area (Å²) in [4.78, 5) is 4.12. The number of aromatic nitrogens is 1. The maximum atomic E-state index is 4.12. The average Bonchev–Trinajstić information content (AvgIpc) is 2.46. The fourth-order valence-corrected chi connectivity index (χ4v) is 2.14. The van der Waals surface area contributed by atoms with E-state index in [1.54, 1.807) is 6.20 Å². The third-order valence-corrected chi connectivity index (χ3v) is 3.34. The SMILES string of the molecule is CCCCc1ccc(C(C)Nc2cccnc2)cc1. The maximum absolute atomic E-state index is 4.12. The van der Waals surface area contributed by atoms with Crippen molar-refractivity contribution in [3.63, 3.8) is 0 Å². The molecular weight excluding hydrogens is 232 g/mol. The number of unbranched alkanes of at least 4 members (excludes halogenated alkanes) is 1. The summed E-state index contributed by atoms with van der Waals surface area (Å²) in [7, 11) is 0. The van der Waals surface area contributed by atoms with Gasteiger partial charge < -0.3 is 5.32 Å². The van der Waals surface area contributed by atoms with Crippen molar-refractivity contribution in [2.24, 2.45) is 0 Å². The molecule has 0 radical (unpaired) electrons. The molecule has 0 saturated heterocycles. The van der Waals surface area contributed by atoms with Crippen LogP contribution in [-0.2, 0) is 6.42 Å². The van der Waals surface area contributed by atoms with Gasteiger partial charge in [-0.25, -0.2) is 0 Å². The van der Waals surface area contributed by atoms with Crippen molar-refractivity contribution in [3.8, 4) is 0 Å². The lowest BCUT2D eigenvalue weighted by Gasteiger charge is -2.15. The largest absolute Gasteiger partial charge is 0.377 e. The van der Waals surface area contributed by atoms with E-state index in [0.29, 0.717) is 6.04 Å². The van der Waals surface area contributed by atoms with Gasteiger partial charge in [-0.3, -0.25) is 4.98 Å². The number of benzene rings is 1. The number of nitrogens with one attached hydrogen (secondary N) is 1.